The lowest BCUT2D eigenvalue weighted by Gasteiger charge is -2.13. The lowest BCUT2D eigenvalue weighted by Crippen LogP contribution is -2.16. The summed E-state index contributed by atoms with van der Waals surface area (Å²) in [5.41, 5.74) is 16.5. The first-order valence-electron chi connectivity index (χ1n) is 4.30. The lowest BCUT2D eigenvalue weighted by atomic mass is 10.0. The maximum absolute atomic E-state index is 12.9. The second-order valence-corrected chi connectivity index (χ2v) is 3.08. The number of benzene rings is 1. The van der Waals surface area contributed by atoms with Crippen molar-refractivity contribution in [3.8, 4) is 5.75 Å². The number of aromatic hydroxyl groups is 1. The van der Waals surface area contributed by atoms with E-state index in [2.05, 4.69) is 0 Å². The van der Waals surface area contributed by atoms with E-state index in [0.717, 1.165) is 0 Å². The van der Waals surface area contributed by atoms with Crippen LogP contribution in [0.4, 0.5) is 10.1 Å². The van der Waals surface area contributed by atoms with E-state index in [4.69, 9.17) is 17.2 Å². The molecule has 1 aromatic carbocycles. The van der Waals surface area contributed by atoms with Gasteiger partial charge < -0.3 is 22.3 Å². The second kappa shape index (κ2) is 5.75. The fourth-order valence-electron chi connectivity index (χ4n) is 1.23. The molecule has 0 amide bonds. The van der Waals surface area contributed by atoms with Gasteiger partial charge in [-0.15, -0.1) is 12.4 Å². The number of nitrogen functional groups attached to an aromatic ring is 1. The highest BCUT2D eigenvalue weighted by molar-refractivity contribution is 5.85. The Morgan fingerprint density at radius 1 is 1.40 bits per heavy atom. The zero-order valence-corrected chi connectivity index (χ0v) is 8.93. The molecule has 0 aliphatic heterocycles. The van der Waals surface area contributed by atoms with Crippen LogP contribution in [0.5, 0.6) is 5.75 Å². The molecule has 0 saturated carbocycles. The molecule has 0 saturated heterocycles. The van der Waals surface area contributed by atoms with Crippen molar-refractivity contribution in [2.75, 3.05) is 12.3 Å². The van der Waals surface area contributed by atoms with Crippen molar-refractivity contribution < 1.29 is 9.50 Å². The normalized spacial score (nSPS) is 11.9. The second-order valence-electron chi connectivity index (χ2n) is 3.08. The van der Waals surface area contributed by atoms with Crippen LogP contribution in [-0.4, -0.2) is 11.7 Å². The van der Waals surface area contributed by atoms with Gasteiger partial charge in [-0.25, -0.2) is 4.39 Å². The summed E-state index contributed by atoms with van der Waals surface area (Å²) >= 11 is 0. The fourth-order valence-corrected chi connectivity index (χ4v) is 1.23. The van der Waals surface area contributed by atoms with E-state index in [0.29, 0.717) is 18.5 Å². The maximum atomic E-state index is 12.9. The highest BCUT2D eigenvalue weighted by Crippen LogP contribution is 2.31. The van der Waals surface area contributed by atoms with Gasteiger partial charge in [0.15, 0.2) is 0 Å². The molecule has 0 fully saturated rings. The largest absolute Gasteiger partial charge is 0.505 e. The minimum absolute atomic E-state index is 0. The zero-order chi connectivity index (χ0) is 10.7. The minimum atomic E-state index is -0.647. The van der Waals surface area contributed by atoms with Gasteiger partial charge in [-0.2, -0.15) is 0 Å². The molecule has 4 nitrogen and oxygen atoms in total. The predicted octanol–water partition coefficient (Wildman–Crippen LogP) is 0.884. The molecule has 0 bridgehead atoms. The first kappa shape index (κ1) is 14.0. The number of anilines is 1. The van der Waals surface area contributed by atoms with Crippen molar-refractivity contribution >= 4 is 18.1 Å². The van der Waals surface area contributed by atoms with Crippen molar-refractivity contribution in [2.45, 2.75) is 12.5 Å². The van der Waals surface area contributed by atoms with E-state index in [1.807, 2.05) is 0 Å². The Bertz CT molecular complexity index is 335. The molecule has 86 valence electrons. The molecule has 1 atom stereocenters. The van der Waals surface area contributed by atoms with Crippen LogP contribution in [0.25, 0.3) is 0 Å². The number of phenols is 1. The van der Waals surface area contributed by atoms with E-state index in [1.54, 1.807) is 0 Å². The molecule has 15 heavy (non-hydrogen) atoms. The number of nitrogens with two attached hydrogens (primary N) is 3. The summed E-state index contributed by atoms with van der Waals surface area (Å²) in [6.45, 7) is 0.401. The molecule has 0 aliphatic carbocycles. The van der Waals surface area contributed by atoms with Crippen LogP contribution in [0.1, 0.15) is 18.0 Å². The van der Waals surface area contributed by atoms with Gasteiger partial charge in [-0.1, -0.05) is 6.07 Å². The van der Waals surface area contributed by atoms with E-state index >= 15 is 0 Å². The number of halogens is 2. The average Bonchev–Trinajstić information content (AvgIpc) is 2.15. The highest BCUT2D eigenvalue weighted by atomic mass is 35.5. The molecule has 0 aliphatic rings. The molecule has 0 unspecified atom stereocenters. The lowest BCUT2D eigenvalue weighted by molar-refractivity contribution is 0.457. The van der Waals surface area contributed by atoms with Crippen LogP contribution >= 0.6 is 12.4 Å². The Morgan fingerprint density at radius 2 is 2.00 bits per heavy atom. The Morgan fingerprint density at radius 3 is 2.53 bits per heavy atom. The van der Waals surface area contributed by atoms with Gasteiger partial charge >= 0.3 is 0 Å². The van der Waals surface area contributed by atoms with Gasteiger partial charge in [-0.05, 0) is 19.0 Å². The third-order valence-electron chi connectivity index (χ3n) is 2.07. The molecular weight excluding hydrogens is 221 g/mol. The van der Waals surface area contributed by atoms with E-state index in [1.165, 1.54) is 12.1 Å². The van der Waals surface area contributed by atoms with Crippen molar-refractivity contribution in [1.82, 2.24) is 0 Å². The van der Waals surface area contributed by atoms with Gasteiger partial charge in [0.2, 0.25) is 0 Å². The Kier molecular flexibility index (Phi) is 5.35. The standard InChI is InChI=1S/C9H14FN3O.ClH/c10-6-2-1-5(7(12)3-4-11)9(14)8(6)13;/h1-2,7,14H,3-4,11-13H2;1H/t7-;/m0./s1. The van der Waals surface area contributed by atoms with Gasteiger partial charge in [0.05, 0.1) is 0 Å². The monoisotopic (exact) mass is 235 g/mol. The average molecular weight is 236 g/mol. The minimum Gasteiger partial charge on any atom is -0.505 e. The number of rotatable bonds is 3. The summed E-state index contributed by atoms with van der Waals surface area (Å²) in [7, 11) is 0. The smallest absolute Gasteiger partial charge is 0.149 e. The maximum Gasteiger partial charge on any atom is 0.149 e. The molecule has 0 heterocycles. The van der Waals surface area contributed by atoms with Crippen molar-refractivity contribution in [3.05, 3.63) is 23.5 Å². The predicted molar refractivity (Wildman–Crippen MR) is 60.3 cm³/mol. The summed E-state index contributed by atoms with van der Waals surface area (Å²) in [6, 6.07) is 2.19. The van der Waals surface area contributed by atoms with Crippen LogP contribution in [0.15, 0.2) is 12.1 Å². The first-order valence-corrected chi connectivity index (χ1v) is 4.30. The topological polar surface area (TPSA) is 98.3 Å². The van der Waals surface area contributed by atoms with Crippen LogP contribution < -0.4 is 17.2 Å². The first-order chi connectivity index (χ1) is 6.57. The van der Waals surface area contributed by atoms with Crippen LogP contribution in [-0.2, 0) is 0 Å². The molecule has 0 radical (unpaired) electrons. The number of phenolic OH excluding ortho intramolecular Hbond substituents is 1. The van der Waals surface area contributed by atoms with E-state index < -0.39 is 11.9 Å². The van der Waals surface area contributed by atoms with Crippen LogP contribution in [0.2, 0.25) is 0 Å². The SMILES string of the molecule is Cl.NCC[C@H](N)c1ccc(F)c(N)c1O. The molecule has 0 spiro atoms. The number of hydrogen-bond acceptors (Lipinski definition) is 4. The van der Waals surface area contributed by atoms with E-state index in [-0.39, 0.29) is 23.8 Å². The van der Waals surface area contributed by atoms with E-state index in [9.17, 15) is 9.50 Å². The molecule has 7 N–H and O–H groups in total. The molecule has 6 heteroatoms. The fraction of sp³-hybridized carbons (Fsp3) is 0.333. The third-order valence-corrected chi connectivity index (χ3v) is 2.07. The van der Waals surface area contributed by atoms with Gasteiger partial charge in [0.25, 0.3) is 0 Å². The van der Waals surface area contributed by atoms with Gasteiger partial charge in [-0.3, -0.25) is 0 Å². The molecule has 1 aromatic rings. The summed E-state index contributed by atoms with van der Waals surface area (Å²) < 4.78 is 12.9. The summed E-state index contributed by atoms with van der Waals surface area (Å²) in [5, 5.41) is 9.49. The zero-order valence-electron chi connectivity index (χ0n) is 8.11. The quantitative estimate of drug-likeness (QED) is 0.462. The van der Waals surface area contributed by atoms with Crippen molar-refractivity contribution in [1.29, 1.82) is 0 Å². The van der Waals surface area contributed by atoms with Crippen LogP contribution in [0.3, 0.4) is 0 Å². The number of hydrogen-bond donors (Lipinski definition) is 4. The van der Waals surface area contributed by atoms with Crippen molar-refractivity contribution in [2.24, 2.45) is 11.5 Å². The van der Waals surface area contributed by atoms with Crippen LogP contribution in [0, 0.1) is 5.82 Å². The molecular formula is C9H15ClFN3O. The Hall–Kier alpha value is -1.04. The Balaban J connectivity index is 0.00000196. The molecule has 1 rings (SSSR count). The van der Waals surface area contributed by atoms with Gasteiger partial charge in [0, 0.05) is 11.6 Å². The highest BCUT2D eigenvalue weighted by Gasteiger charge is 2.14. The van der Waals surface area contributed by atoms with Crippen molar-refractivity contribution in [3.63, 3.8) is 0 Å². The Labute approximate surface area is 93.7 Å². The van der Waals surface area contributed by atoms with Gasteiger partial charge in [0.1, 0.15) is 17.3 Å². The summed E-state index contributed by atoms with van der Waals surface area (Å²) in [4.78, 5) is 0. The summed E-state index contributed by atoms with van der Waals surface area (Å²) in [5.74, 6) is -0.933. The third kappa shape index (κ3) is 2.95. The summed E-state index contributed by atoms with van der Waals surface area (Å²) in [6.07, 6.45) is 0.513. The molecule has 0 aromatic heterocycles.